The second kappa shape index (κ2) is 9.17. The maximum absolute atomic E-state index is 13.5. The Morgan fingerprint density at radius 2 is 1.97 bits per heavy atom. The fourth-order valence-electron chi connectivity index (χ4n) is 3.43. The molecule has 154 valence electrons. The van der Waals surface area contributed by atoms with Gasteiger partial charge in [0.25, 0.3) is 5.91 Å². The Morgan fingerprint density at radius 1 is 1.21 bits per heavy atom. The van der Waals surface area contributed by atoms with E-state index in [0.29, 0.717) is 23.4 Å². The lowest BCUT2D eigenvalue weighted by Crippen LogP contribution is -2.23. The average Bonchev–Trinajstić information content (AvgIpc) is 3.06. The molecule has 0 bridgehead atoms. The van der Waals surface area contributed by atoms with Crippen LogP contribution in [0.4, 0.5) is 9.39 Å². The van der Waals surface area contributed by atoms with Crippen LogP contribution in [0.3, 0.4) is 0 Å². The first-order valence-corrected chi connectivity index (χ1v) is 10.3. The summed E-state index contributed by atoms with van der Waals surface area (Å²) in [4.78, 5) is 38.7. The van der Waals surface area contributed by atoms with Gasteiger partial charge in [-0.25, -0.2) is 9.18 Å². The number of anilines is 1. The van der Waals surface area contributed by atoms with Gasteiger partial charge in [0.1, 0.15) is 10.8 Å². The van der Waals surface area contributed by atoms with Gasteiger partial charge in [-0.3, -0.25) is 9.59 Å². The second-order valence-corrected chi connectivity index (χ2v) is 7.63. The number of halogens is 1. The van der Waals surface area contributed by atoms with Crippen LogP contribution in [0, 0.1) is 5.82 Å². The smallest absolute Gasteiger partial charge is 0.341 e. The highest BCUT2D eigenvalue weighted by atomic mass is 32.1. The Kier molecular flexibility index (Phi) is 6.64. The van der Waals surface area contributed by atoms with Gasteiger partial charge >= 0.3 is 11.9 Å². The second-order valence-electron chi connectivity index (χ2n) is 6.52. The molecule has 1 aromatic heterocycles. The van der Waals surface area contributed by atoms with E-state index in [0.717, 1.165) is 17.4 Å². The van der Waals surface area contributed by atoms with Gasteiger partial charge < -0.3 is 14.8 Å². The third kappa shape index (κ3) is 4.48. The summed E-state index contributed by atoms with van der Waals surface area (Å²) in [7, 11) is 0. The molecule has 0 spiro atoms. The van der Waals surface area contributed by atoms with Crippen molar-refractivity contribution in [3.8, 4) is 0 Å². The van der Waals surface area contributed by atoms with Gasteiger partial charge in [-0.15, -0.1) is 11.3 Å². The predicted octanol–water partition coefficient (Wildman–Crippen LogP) is 4.30. The molecule has 1 aromatic carbocycles. The molecule has 1 atom stereocenters. The number of hydrogen-bond acceptors (Lipinski definition) is 6. The molecule has 1 aliphatic rings. The van der Waals surface area contributed by atoms with Crippen LogP contribution in [0.25, 0.3) is 0 Å². The van der Waals surface area contributed by atoms with Crippen molar-refractivity contribution < 1.29 is 28.2 Å². The molecule has 1 unspecified atom stereocenters. The summed E-state index contributed by atoms with van der Waals surface area (Å²) in [6, 6.07) is 5.28. The molecule has 0 aliphatic heterocycles. The Morgan fingerprint density at radius 3 is 2.66 bits per heavy atom. The van der Waals surface area contributed by atoms with Crippen molar-refractivity contribution in [3.63, 3.8) is 0 Å². The summed E-state index contributed by atoms with van der Waals surface area (Å²) in [5.41, 5.74) is 0.898. The average molecular weight is 419 g/mol. The lowest BCUT2D eigenvalue weighted by molar-refractivity contribution is -0.145. The Bertz CT molecular complexity index is 939. The molecule has 1 aliphatic carbocycles. The van der Waals surface area contributed by atoms with E-state index in [1.165, 1.54) is 29.5 Å². The molecule has 1 heterocycles. The number of carbonyl (C=O) groups is 3. The highest BCUT2D eigenvalue weighted by molar-refractivity contribution is 7.17. The Labute approximate surface area is 172 Å². The molecule has 0 saturated carbocycles. The fourth-order valence-corrected chi connectivity index (χ4v) is 4.72. The normalized spacial score (nSPS) is 15.3. The van der Waals surface area contributed by atoms with Crippen molar-refractivity contribution in [3.05, 3.63) is 51.7 Å². The van der Waals surface area contributed by atoms with Crippen LogP contribution >= 0.6 is 11.3 Å². The summed E-state index contributed by atoms with van der Waals surface area (Å²) < 4.78 is 23.9. The summed E-state index contributed by atoms with van der Waals surface area (Å²) >= 11 is 1.25. The molecule has 0 fully saturated rings. The SMILES string of the molecule is CCOC(=O)c1c(NC(=O)c2cccc(F)c2)sc2c1C(C(=O)OCC)CCC2. The minimum absolute atomic E-state index is 0.133. The van der Waals surface area contributed by atoms with Gasteiger partial charge in [-0.05, 0) is 56.9 Å². The molecule has 8 heteroatoms. The zero-order valence-electron chi connectivity index (χ0n) is 16.2. The number of ether oxygens (including phenoxy) is 2. The summed E-state index contributed by atoms with van der Waals surface area (Å²) in [5.74, 6) is -2.64. The standard InChI is InChI=1S/C21H22FNO5S/c1-3-27-20(25)14-9-6-10-15-16(14)17(21(26)28-4-2)19(29-15)23-18(24)12-7-5-8-13(22)11-12/h5,7-8,11,14H,3-4,6,9-10H2,1-2H3,(H,23,24). The number of amides is 1. The van der Waals surface area contributed by atoms with Crippen LogP contribution in [0.15, 0.2) is 24.3 Å². The molecule has 1 N–H and O–H groups in total. The van der Waals surface area contributed by atoms with Crippen LogP contribution in [0.2, 0.25) is 0 Å². The number of esters is 2. The van der Waals surface area contributed by atoms with Crippen molar-refractivity contribution in [2.45, 2.75) is 39.0 Å². The van der Waals surface area contributed by atoms with Crippen molar-refractivity contribution in [2.24, 2.45) is 0 Å². The minimum Gasteiger partial charge on any atom is -0.466 e. The number of fused-ring (bicyclic) bond motifs is 1. The summed E-state index contributed by atoms with van der Waals surface area (Å²) in [6.45, 7) is 3.81. The lowest BCUT2D eigenvalue weighted by atomic mass is 9.85. The molecular weight excluding hydrogens is 397 g/mol. The number of rotatable bonds is 6. The number of carbonyl (C=O) groups excluding carboxylic acids is 3. The highest BCUT2D eigenvalue weighted by Gasteiger charge is 2.36. The largest absolute Gasteiger partial charge is 0.466 e. The van der Waals surface area contributed by atoms with E-state index in [-0.39, 0.29) is 30.3 Å². The van der Waals surface area contributed by atoms with Crippen molar-refractivity contribution >= 4 is 34.2 Å². The molecular formula is C21H22FNO5S. The molecule has 1 amide bonds. The van der Waals surface area contributed by atoms with Crippen molar-refractivity contribution in [1.82, 2.24) is 0 Å². The Balaban J connectivity index is 2.02. The van der Waals surface area contributed by atoms with Gasteiger partial charge in [-0.2, -0.15) is 0 Å². The summed E-state index contributed by atoms with van der Waals surface area (Å²) in [6.07, 6.45) is 2.03. The first-order valence-electron chi connectivity index (χ1n) is 9.52. The predicted molar refractivity (Wildman–Crippen MR) is 107 cm³/mol. The van der Waals surface area contributed by atoms with E-state index in [1.54, 1.807) is 13.8 Å². The van der Waals surface area contributed by atoms with Crippen LogP contribution < -0.4 is 5.32 Å². The van der Waals surface area contributed by atoms with E-state index in [9.17, 15) is 18.8 Å². The third-order valence-electron chi connectivity index (χ3n) is 4.63. The van der Waals surface area contributed by atoms with E-state index in [2.05, 4.69) is 5.32 Å². The Hall–Kier alpha value is -2.74. The monoisotopic (exact) mass is 419 g/mol. The van der Waals surface area contributed by atoms with Gasteiger partial charge in [0, 0.05) is 10.4 Å². The maximum atomic E-state index is 13.5. The third-order valence-corrected chi connectivity index (χ3v) is 5.81. The molecule has 6 nitrogen and oxygen atoms in total. The number of thiophene rings is 1. The van der Waals surface area contributed by atoms with Crippen LogP contribution in [0.5, 0.6) is 0 Å². The summed E-state index contributed by atoms with van der Waals surface area (Å²) in [5, 5.41) is 3.01. The van der Waals surface area contributed by atoms with E-state index >= 15 is 0 Å². The number of nitrogens with one attached hydrogen (secondary N) is 1. The van der Waals surface area contributed by atoms with Crippen molar-refractivity contribution in [1.29, 1.82) is 0 Å². The molecule has 0 saturated heterocycles. The van der Waals surface area contributed by atoms with E-state index in [4.69, 9.17) is 9.47 Å². The van der Waals surface area contributed by atoms with Gasteiger partial charge in [0.05, 0.1) is 24.7 Å². The van der Waals surface area contributed by atoms with Crippen LogP contribution in [0.1, 0.15) is 63.8 Å². The maximum Gasteiger partial charge on any atom is 0.341 e. The quantitative estimate of drug-likeness (QED) is 0.706. The first-order chi connectivity index (χ1) is 14.0. The lowest BCUT2D eigenvalue weighted by Gasteiger charge is -2.22. The molecule has 3 rings (SSSR count). The van der Waals surface area contributed by atoms with E-state index in [1.807, 2.05) is 0 Å². The highest BCUT2D eigenvalue weighted by Crippen LogP contribution is 2.44. The number of aryl methyl sites for hydroxylation is 1. The van der Waals surface area contributed by atoms with E-state index < -0.39 is 23.6 Å². The fraction of sp³-hybridized carbons (Fsp3) is 0.381. The van der Waals surface area contributed by atoms with Gasteiger partial charge in [0.2, 0.25) is 0 Å². The minimum atomic E-state index is -0.601. The van der Waals surface area contributed by atoms with Crippen molar-refractivity contribution in [2.75, 3.05) is 18.5 Å². The zero-order chi connectivity index (χ0) is 21.0. The topological polar surface area (TPSA) is 81.7 Å². The number of benzene rings is 1. The number of hydrogen-bond donors (Lipinski definition) is 1. The van der Waals surface area contributed by atoms with Crippen LogP contribution in [-0.2, 0) is 20.7 Å². The molecule has 2 aromatic rings. The van der Waals surface area contributed by atoms with Crippen LogP contribution in [-0.4, -0.2) is 31.1 Å². The zero-order valence-corrected chi connectivity index (χ0v) is 17.1. The van der Waals surface area contributed by atoms with Gasteiger partial charge in [-0.1, -0.05) is 6.07 Å². The first kappa shape index (κ1) is 21.0. The van der Waals surface area contributed by atoms with Gasteiger partial charge in [0.15, 0.2) is 0 Å². The molecule has 29 heavy (non-hydrogen) atoms. The molecule has 0 radical (unpaired) electrons.